The van der Waals surface area contributed by atoms with Crippen LogP contribution >= 0.6 is 0 Å². The first kappa shape index (κ1) is 7.72. The van der Waals surface area contributed by atoms with Gasteiger partial charge in [-0.1, -0.05) is 12.7 Å². The SMILES string of the molecule is C=CCOc1ccnc(F)c1. The van der Waals surface area contributed by atoms with Crippen LogP contribution in [0.1, 0.15) is 0 Å². The van der Waals surface area contributed by atoms with E-state index in [1.807, 2.05) is 0 Å². The van der Waals surface area contributed by atoms with Crippen LogP contribution in [0.4, 0.5) is 4.39 Å². The minimum atomic E-state index is -0.536. The average Bonchev–Trinajstić information content (AvgIpc) is 2.01. The monoisotopic (exact) mass is 153 g/mol. The molecule has 0 saturated carbocycles. The van der Waals surface area contributed by atoms with Crippen LogP contribution in [0.2, 0.25) is 0 Å². The van der Waals surface area contributed by atoms with Crippen LogP contribution in [-0.2, 0) is 0 Å². The second-order valence-corrected chi connectivity index (χ2v) is 1.91. The minimum Gasteiger partial charge on any atom is -0.489 e. The molecule has 0 N–H and O–H groups in total. The summed E-state index contributed by atoms with van der Waals surface area (Å²) in [5.74, 6) is -0.0658. The van der Waals surface area contributed by atoms with E-state index in [-0.39, 0.29) is 0 Å². The maximum absolute atomic E-state index is 12.4. The summed E-state index contributed by atoms with van der Waals surface area (Å²) in [4.78, 5) is 3.38. The molecule has 0 atom stereocenters. The molecule has 0 aromatic carbocycles. The van der Waals surface area contributed by atoms with Gasteiger partial charge >= 0.3 is 0 Å². The van der Waals surface area contributed by atoms with Gasteiger partial charge in [0, 0.05) is 12.3 Å². The largest absolute Gasteiger partial charge is 0.489 e. The highest BCUT2D eigenvalue weighted by Gasteiger charge is 1.93. The van der Waals surface area contributed by atoms with Crippen molar-refractivity contribution in [1.82, 2.24) is 4.98 Å². The molecule has 1 aromatic heterocycles. The first-order valence-corrected chi connectivity index (χ1v) is 3.18. The Morgan fingerprint density at radius 2 is 2.55 bits per heavy atom. The number of halogens is 1. The normalized spacial score (nSPS) is 9.18. The van der Waals surface area contributed by atoms with E-state index < -0.39 is 5.95 Å². The quantitative estimate of drug-likeness (QED) is 0.487. The second kappa shape index (κ2) is 3.71. The summed E-state index contributed by atoms with van der Waals surface area (Å²) < 4.78 is 17.4. The van der Waals surface area contributed by atoms with Gasteiger partial charge in [0.1, 0.15) is 12.4 Å². The molecular weight excluding hydrogens is 145 g/mol. The number of aromatic nitrogens is 1. The van der Waals surface area contributed by atoms with Gasteiger partial charge in [-0.15, -0.1) is 0 Å². The van der Waals surface area contributed by atoms with Crippen LogP contribution in [0, 0.1) is 5.95 Å². The summed E-state index contributed by atoms with van der Waals surface area (Å²) in [5.41, 5.74) is 0. The van der Waals surface area contributed by atoms with Crippen molar-refractivity contribution in [2.75, 3.05) is 6.61 Å². The van der Waals surface area contributed by atoms with Gasteiger partial charge in [-0.2, -0.15) is 4.39 Å². The molecule has 0 bridgehead atoms. The van der Waals surface area contributed by atoms with E-state index in [4.69, 9.17) is 4.74 Å². The van der Waals surface area contributed by atoms with Crippen molar-refractivity contribution in [2.45, 2.75) is 0 Å². The number of hydrogen-bond acceptors (Lipinski definition) is 2. The molecule has 0 amide bonds. The maximum Gasteiger partial charge on any atom is 0.216 e. The summed E-state index contributed by atoms with van der Waals surface area (Å²) in [7, 11) is 0. The Balaban J connectivity index is 2.63. The summed E-state index contributed by atoms with van der Waals surface area (Å²) in [5, 5.41) is 0. The van der Waals surface area contributed by atoms with Gasteiger partial charge in [0.15, 0.2) is 0 Å². The van der Waals surface area contributed by atoms with E-state index >= 15 is 0 Å². The van der Waals surface area contributed by atoms with Crippen molar-refractivity contribution in [3.63, 3.8) is 0 Å². The van der Waals surface area contributed by atoms with Gasteiger partial charge in [0.05, 0.1) is 0 Å². The van der Waals surface area contributed by atoms with Gasteiger partial charge in [-0.25, -0.2) is 4.98 Å². The van der Waals surface area contributed by atoms with Crippen LogP contribution in [0.3, 0.4) is 0 Å². The predicted molar refractivity (Wildman–Crippen MR) is 39.9 cm³/mol. The molecule has 2 nitrogen and oxygen atoms in total. The zero-order chi connectivity index (χ0) is 8.10. The Bertz CT molecular complexity index is 250. The third kappa shape index (κ3) is 2.37. The number of rotatable bonds is 3. The van der Waals surface area contributed by atoms with Gasteiger partial charge in [-0.05, 0) is 6.07 Å². The lowest BCUT2D eigenvalue weighted by Gasteiger charge is -2.00. The molecule has 0 radical (unpaired) electrons. The van der Waals surface area contributed by atoms with E-state index in [1.54, 1.807) is 12.1 Å². The van der Waals surface area contributed by atoms with Crippen LogP contribution in [0.5, 0.6) is 5.75 Å². The van der Waals surface area contributed by atoms with Gasteiger partial charge < -0.3 is 4.74 Å². The number of nitrogens with zero attached hydrogens (tertiary/aromatic N) is 1. The molecule has 1 aromatic rings. The predicted octanol–water partition coefficient (Wildman–Crippen LogP) is 1.79. The molecule has 1 heterocycles. The molecule has 0 spiro atoms. The molecular formula is C8H8FNO. The highest BCUT2D eigenvalue weighted by atomic mass is 19.1. The summed E-state index contributed by atoms with van der Waals surface area (Å²) >= 11 is 0. The van der Waals surface area contributed by atoms with E-state index in [2.05, 4.69) is 11.6 Å². The Morgan fingerprint density at radius 1 is 1.73 bits per heavy atom. The topological polar surface area (TPSA) is 22.1 Å². The summed E-state index contributed by atoms with van der Waals surface area (Å²) in [6, 6.07) is 2.82. The van der Waals surface area contributed by atoms with Gasteiger partial charge in [0.25, 0.3) is 0 Å². The van der Waals surface area contributed by atoms with Crippen molar-refractivity contribution < 1.29 is 9.13 Å². The first-order chi connectivity index (χ1) is 5.33. The molecule has 0 saturated heterocycles. The molecule has 0 fully saturated rings. The lowest BCUT2D eigenvalue weighted by molar-refractivity contribution is 0.359. The third-order valence-corrected chi connectivity index (χ3v) is 1.07. The van der Waals surface area contributed by atoms with Crippen molar-refractivity contribution in [3.8, 4) is 5.75 Å². The van der Waals surface area contributed by atoms with Crippen LogP contribution in [0.25, 0.3) is 0 Å². The van der Waals surface area contributed by atoms with E-state index in [9.17, 15) is 4.39 Å². The Morgan fingerprint density at radius 3 is 3.18 bits per heavy atom. The fraction of sp³-hybridized carbons (Fsp3) is 0.125. The van der Waals surface area contributed by atoms with Crippen molar-refractivity contribution in [2.24, 2.45) is 0 Å². The van der Waals surface area contributed by atoms with E-state index in [0.29, 0.717) is 12.4 Å². The first-order valence-electron chi connectivity index (χ1n) is 3.18. The maximum atomic E-state index is 12.4. The average molecular weight is 153 g/mol. The number of hydrogen-bond donors (Lipinski definition) is 0. The number of ether oxygens (including phenoxy) is 1. The molecule has 0 aliphatic heterocycles. The smallest absolute Gasteiger partial charge is 0.216 e. The highest BCUT2D eigenvalue weighted by Crippen LogP contribution is 2.08. The fourth-order valence-corrected chi connectivity index (χ4v) is 0.630. The van der Waals surface area contributed by atoms with Crippen molar-refractivity contribution in [1.29, 1.82) is 0 Å². The molecule has 11 heavy (non-hydrogen) atoms. The number of pyridine rings is 1. The standard InChI is InChI=1S/C8H8FNO/c1-2-5-11-7-3-4-10-8(9)6-7/h2-4,6H,1,5H2. The van der Waals surface area contributed by atoms with E-state index in [1.165, 1.54) is 12.3 Å². The second-order valence-electron chi connectivity index (χ2n) is 1.91. The van der Waals surface area contributed by atoms with Gasteiger partial charge in [-0.3, -0.25) is 0 Å². The highest BCUT2D eigenvalue weighted by molar-refractivity contribution is 5.17. The third-order valence-electron chi connectivity index (χ3n) is 1.07. The molecule has 0 unspecified atom stereocenters. The lowest BCUT2D eigenvalue weighted by Crippen LogP contribution is -1.93. The zero-order valence-corrected chi connectivity index (χ0v) is 5.96. The molecule has 1 rings (SSSR count). The molecule has 58 valence electrons. The Labute approximate surface area is 64.3 Å². The lowest BCUT2D eigenvalue weighted by atomic mass is 10.4. The zero-order valence-electron chi connectivity index (χ0n) is 5.96. The summed E-state index contributed by atoms with van der Waals surface area (Å²) in [6.07, 6.45) is 2.95. The van der Waals surface area contributed by atoms with Crippen molar-refractivity contribution in [3.05, 3.63) is 36.9 Å². The van der Waals surface area contributed by atoms with Gasteiger partial charge in [0.2, 0.25) is 5.95 Å². The van der Waals surface area contributed by atoms with Crippen LogP contribution in [-0.4, -0.2) is 11.6 Å². The van der Waals surface area contributed by atoms with Crippen LogP contribution < -0.4 is 4.74 Å². The Kier molecular flexibility index (Phi) is 2.60. The molecule has 0 aliphatic carbocycles. The fourth-order valence-electron chi connectivity index (χ4n) is 0.630. The molecule has 0 aliphatic rings. The Hall–Kier alpha value is -1.38. The van der Waals surface area contributed by atoms with E-state index in [0.717, 1.165) is 0 Å². The van der Waals surface area contributed by atoms with Crippen LogP contribution in [0.15, 0.2) is 31.0 Å². The molecule has 3 heteroatoms. The van der Waals surface area contributed by atoms with Crippen molar-refractivity contribution >= 4 is 0 Å². The summed E-state index contributed by atoms with van der Waals surface area (Å²) in [6.45, 7) is 3.84. The minimum absolute atomic E-state index is 0.378.